The summed E-state index contributed by atoms with van der Waals surface area (Å²) in [5.41, 5.74) is 6.43. The van der Waals surface area contributed by atoms with Gasteiger partial charge in [0.1, 0.15) is 0 Å². The van der Waals surface area contributed by atoms with Gasteiger partial charge in [-0.3, -0.25) is 0 Å². The van der Waals surface area contributed by atoms with Crippen LogP contribution < -0.4 is 10.6 Å². The standard InChI is InChI=1S/C11H18ClN5/c1-16-4-3-8(6-16)7-17(2)10-9(13)5-14-11(12)15-10/h5,8H,3-4,6-7,13H2,1-2H3. The third kappa shape index (κ3) is 2.98. The minimum atomic E-state index is 0.240. The quantitative estimate of drug-likeness (QED) is 0.820. The normalized spacial score (nSPS) is 20.8. The van der Waals surface area contributed by atoms with Crippen LogP contribution >= 0.6 is 11.6 Å². The van der Waals surface area contributed by atoms with Crippen LogP contribution in [0.25, 0.3) is 0 Å². The lowest BCUT2D eigenvalue weighted by Gasteiger charge is -2.23. The Hall–Kier alpha value is -1.07. The number of anilines is 2. The Balaban J connectivity index is 2.04. The zero-order valence-corrected chi connectivity index (χ0v) is 11.0. The number of likely N-dealkylation sites (tertiary alicyclic amines) is 1. The van der Waals surface area contributed by atoms with Crippen molar-refractivity contribution in [1.82, 2.24) is 14.9 Å². The molecular formula is C11H18ClN5. The van der Waals surface area contributed by atoms with Crippen molar-refractivity contribution >= 4 is 23.1 Å². The first-order valence-corrected chi connectivity index (χ1v) is 6.11. The first kappa shape index (κ1) is 12.4. The molecule has 2 N–H and O–H groups in total. The predicted octanol–water partition coefficient (Wildman–Crippen LogP) is 1.10. The van der Waals surface area contributed by atoms with Crippen LogP contribution in [0.1, 0.15) is 6.42 Å². The van der Waals surface area contributed by atoms with Crippen molar-refractivity contribution in [3.63, 3.8) is 0 Å². The summed E-state index contributed by atoms with van der Waals surface area (Å²) >= 11 is 5.79. The summed E-state index contributed by atoms with van der Waals surface area (Å²) in [5, 5.41) is 0.240. The van der Waals surface area contributed by atoms with Crippen molar-refractivity contribution < 1.29 is 0 Å². The van der Waals surface area contributed by atoms with Crippen LogP contribution in [0.2, 0.25) is 5.28 Å². The summed E-state index contributed by atoms with van der Waals surface area (Å²) in [6.07, 6.45) is 2.78. The van der Waals surface area contributed by atoms with Crippen LogP contribution in [0.5, 0.6) is 0 Å². The lowest BCUT2D eigenvalue weighted by atomic mass is 10.1. The predicted molar refractivity (Wildman–Crippen MR) is 70.3 cm³/mol. The molecule has 0 bridgehead atoms. The molecule has 1 saturated heterocycles. The maximum Gasteiger partial charge on any atom is 0.224 e. The molecule has 0 aliphatic carbocycles. The molecule has 0 spiro atoms. The van der Waals surface area contributed by atoms with Gasteiger partial charge in [0.2, 0.25) is 5.28 Å². The number of halogens is 1. The fourth-order valence-corrected chi connectivity index (χ4v) is 2.45. The van der Waals surface area contributed by atoms with E-state index < -0.39 is 0 Å². The Labute approximate surface area is 107 Å². The van der Waals surface area contributed by atoms with Gasteiger partial charge >= 0.3 is 0 Å². The molecule has 0 amide bonds. The fraction of sp³-hybridized carbons (Fsp3) is 0.636. The Bertz CT molecular complexity index is 397. The number of hydrogen-bond acceptors (Lipinski definition) is 5. The summed E-state index contributed by atoms with van der Waals surface area (Å²) in [6.45, 7) is 3.24. The van der Waals surface area contributed by atoms with E-state index in [1.807, 2.05) is 7.05 Å². The highest BCUT2D eigenvalue weighted by atomic mass is 35.5. The molecule has 1 aromatic heterocycles. The third-order valence-electron chi connectivity index (χ3n) is 3.15. The zero-order valence-electron chi connectivity index (χ0n) is 10.2. The molecule has 1 fully saturated rings. The molecule has 0 radical (unpaired) electrons. The maximum atomic E-state index is 5.86. The first-order valence-electron chi connectivity index (χ1n) is 5.74. The van der Waals surface area contributed by atoms with E-state index in [9.17, 15) is 0 Å². The van der Waals surface area contributed by atoms with E-state index in [0.29, 0.717) is 11.6 Å². The number of hydrogen-bond donors (Lipinski definition) is 1. The number of aromatic nitrogens is 2. The van der Waals surface area contributed by atoms with Gasteiger partial charge in [0.25, 0.3) is 0 Å². The Morgan fingerprint density at radius 3 is 3.06 bits per heavy atom. The fourth-order valence-electron chi connectivity index (χ4n) is 2.32. The van der Waals surface area contributed by atoms with Crippen LogP contribution in [0.15, 0.2) is 6.20 Å². The van der Waals surface area contributed by atoms with Gasteiger partial charge in [-0.25, -0.2) is 4.98 Å². The highest BCUT2D eigenvalue weighted by Crippen LogP contribution is 2.23. The molecule has 1 aliphatic rings. The molecule has 0 saturated carbocycles. The molecule has 2 heterocycles. The van der Waals surface area contributed by atoms with Gasteiger partial charge in [-0.05, 0) is 37.5 Å². The topological polar surface area (TPSA) is 58.3 Å². The average Bonchev–Trinajstić information content (AvgIpc) is 2.67. The molecule has 1 aromatic rings. The molecule has 17 heavy (non-hydrogen) atoms. The van der Waals surface area contributed by atoms with Gasteiger partial charge in [-0.1, -0.05) is 0 Å². The lowest BCUT2D eigenvalue weighted by Crippen LogP contribution is -2.28. The molecule has 1 aliphatic heterocycles. The van der Waals surface area contributed by atoms with E-state index in [1.165, 1.54) is 13.0 Å². The second kappa shape index (κ2) is 5.06. The largest absolute Gasteiger partial charge is 0.394 e. The van der Waals surface area contributed by atoms with Gasteiger partial charge in [0, 0.05) is 20.1 Å². The molecule has 1 unspecified atom stereocenters. The zero-order chi connectivity index (χ0) is 12.4. The highest BCUT2D eigenvalue weighted by Gasteiger charge is 2.22. The summed E-state index contributed by atoms with van der Waals surface area (Å²) in [5.74, 6) is 1.39. The first-order chi connectivity index (χ1) is 8.06. The van der Waals surface area contributed by atoms with Crippen molar-refractivity contribution in [1.29, 1.82) is 0 Å². The smallest absolute Gasteiger partial charge is 0.224 e. The van der Waals surface area contributed by atoms with Gasteiger partial charge in [0.05, 0.1) is 11.9 Å². The maximum absolute atomic E-state index is 5.86. The summed E-state index contributed by atoms with van der Waals surface area (Å²) in [7, 11) is 4.14. The van der Waals surface area contributed by atoms with E-state index in [0.717, 1.165) is 18.9 Å². The van der Waals surface area contributed by atoms with Crippen LogP contribution in [0.4, 0.5) is 11.5 Å². The van der Waals surface area contributed by atoms with Crippen molar-refractivity contribution in [2.75, 3.05) is 44.4 Å². The second-order valence-electron chi connectivity index (χ2n) is 4.72. The number of nitrogens with zero attached hydrogens (tertiary/aromatic N) is 4. The van der Waals surface area contributed by atoms with E-state index >= 15 is 0 Å². The Morgan fingerprint density at radius 1 is 1.65 bits per heavy atom. The lowest BCUT2D eigenvalue weighted by molar-refractivity contribution is 0.395. The molecule has 1 atom stereocenters. The van der Waals surface area contributed by atoms with Gasteiger partial charge in [-0.15, -0.1) is 0 Å². The minimum absolute atomic E-state index is 0.240. The van der Waals surface area contributed by atoms with Crippen molar-refractivity contribution in [2.24, 2.45) is 5.92 Å². The number of nitrogen functional groups attached to an aromatic ring is 1. The van der Waals surface area contributed by atoms with Gasteiger partial charge in [-0.2, -0.15) is 4.98 Å². The van der Waals surface area contributed by atoms with Crippen LogP contribution in [0, 0.1) is 5.92 Å². The number of nitrogens with two attached hydrogens (primary N) is 1. The van der Waals surface area contributed by atoms with E-state index in [2.05, 4.69) is 26.8 Å². The molecule has 0 aromatic carbocycles. The molecule has 5 nitrogen and oxygen atoms in total. The monoisotopic (exact) mass is 255 g/mol. The van der Waals surface area contributed by atoms with Gasteiger partial charge < -0.3 is 15.5 Å². The Kier molecular flexibility index (Phi) is 3.69. The highest BCUT2D eigenvalue weighted by molar-refractivity contribution is 6.28. The van der Waals surface area contributed by atoms with Crippen LogP contribution in [0.3, 0.4) is 0 Å². The molecular weight excluding hydrogens is 238 g/mol. The van der Waals surface area contributed by atoms with Crippen LogP contribution in [-0.2, 0) is 0 Å². The second-order valence-corrected chi connectivity index (χ2v) is 5.05. The van der Waals surface area contributed by atoms with Crippen molar-refractivity contribution in [3.05, 3.63) is 11.5 Å². The van der Waals surface area contributed by atoms with Crippen molar-refractivity contribution in [3.8, 4) is 0 Å². The SMILES string of the molecule is CN1CCC(CN(C)c2nc(Cl)ncc2N)C1. The summed E-state index contributed by atoms with van der Waals surface area (Å²) in [4.78, 5) is 12.4. The summed E-state index contributed by atoms with van der Waals surface area (Å²) < 4.78 is 0. The molecule has 6 heteroatoms. The summed E-state index contributed by atoms with van der Waals surface area (Å²) in [6, 6.07) is 0. The van der Waals surface area contributed by atoms with E-state index in [-0.39, 0.29) is 5.28 Å². The minimum Gasteiger partial charge on any atom is -0.394 e. The van der Waals surface area contributed by atoms with Gasteiger partial charge in [0.15, 0.2) is 5.82 Å². The third-order valence-corrected chi connectivity index (χ3v) is 3.33. The van der Waals surface area contributed by atoms with E-state index in [1.54, 1.807) is 6.20 Å². The van der Waals surface area contributed by atoms with E-state index in [4.69, 9.17) is 17.3 Å². The molecule has 2 rings (SSSR count). The number of rotatable bonds is 3. The van der Waals surface area contributed by atoms with Crippen molar-refractivity contribution in [2.45, 2.75) is 6.42 Å². The molecule has 94 valence electrons. The Morgan fingerprint density at radius 2 is 2.41 bits per heavy atom. The van der Waals surface area contributed by atoms with Crippen LogP contribution in [-0.4, -0.2) is 48.6 Å². The average molecular weight is 256 g/mol.